The van der Waals surface area contributed by atoms with Crippen molar-refractivity contribution in [2.75, 3.05) is 19.0 Å². The second-order valence-electron chi connectivity index (χ2n) is 12.2. The highest BCUT2D eigenvalue weighted by Gasteiger charge is 2.49. The first-order valence-corrected chi connectivity index (χ1v) is 15.8. The molecular formula is C36H39N5O3. The first-order chi connectivity index (χ1) is 21.6. The van der Waals surface area contributed by atoms with Gasteiger partial charge in [0.05, 0.1) is 37.4 Å². The largest absolute Gasteiger partial charge is 0.497 e. The topological polar surface area (TPSA) is 88.5 Å². The molecule has 3 aliphatic rings. The monoisotopic (exact) mass is 589 g/mol. The first kappa shape index (κ1) is 28.2. The average molecular weight is 590 g/mol. The molecule has 0 radical (unpaired) electrons. The van der Waals surface area contributed by atoms with E-state index in [0.29, 0.717) is 18.7 Å². The maximum Gasteiger partial charge on any atom is 0.251 e. The van der Waals surface area contributed by atoms with E-state index in [4.69, 9.17) is 9.84 Å². The second-order valence-corrected chi connectivity index (χ2v) is 12.2. The van der Waals surface area contributed by atoms with Crippen LogP contribution in [0.15, 0.2) is 91.1 Å². The van der Waals surface area contributed by atoms with Crippen LogP contribution in [-0.4, -0.2) is 46.2 Å². The lowest BCUT2D eigenvalue weighted by atomic mass is 9.80. The van der Waals surface area contributed by atoms with E-state index in [2.05, 4.69) is 62.7 Å². The van der Waals surface area contributed by atoms with E-state index in [1.807, 2.05) is 48.7 Å². The van der Waals surface area contributed by atoms with Crippen molar-refractivity contribution in [2.45, 2.75) is 56.8 Å². The number of nitrogens with one attached hydrogen (secondary N) is 2. The number of hydrogen-bond acceptors (Lipinski definition) is 5. The van der Waals surface area contributed by atoms with E-state index in [1.165, 1.54) is 5.56 Å². The highest BCUT2D eigenvalue weighted by atomic mass is 16.5. The Balaban J connectivity index is 1.15. The van der Waals surface area contributed by atoms with Gasteiger partial charge in [-0.3, -0.25) is 14.3 Å². The number of para-hydroxylation sites is 1. The molecule has 226 valence electrons. The molecule has 2 fully saturated rings. The minimum Gasteiger partial charge on any atom is -0.497 e. The highest BCUT2D eigenvalue weighted by molar-refractivity contribution is 5.95. The predicted octanol–water partition coefficient (Wildman–Crippen LogP) is 5.99. The van der Waals surface area contributed by atoms with Gasteiger partial charge < -0.3 is 20.3 Å². The molecule has 2 aliphatic heterocycles. The number of fused-ring (bicyclic) bond motifs is 3. The fraction of sp³-hybridized carbons (Fsp3) is 0.361. The van der Waals surface area contributed by atoms with Crippen molar-refractivity contribution in [3.8, 4) is 5.75 Å². The van der Waals surface area contributed by atoms with E-state index in [-0.39, 0.29) is 41.8 Å². The molecule has 0 spiro atoms. The lowest BCUT2D eigenvalue weighted by Gasteiger charge is -2.42. The van der Waals surface area contributed by atoms with E-state index in [0.717, 1.165) is 54.8 Å². The third kappa shape index (κ3) is 5.34. The Bertz CT molecular complexity index is 1620. The van der Waals surface area contributed by atoms with E-state index in [9.17, 15) is 9.59 Å². The van der Waals surface area contributed by atoms with Crippen LogP contribution >= 0.6 is 0 Å². The third-order valence-corrected chi connectivity index (χ3v) is 9.74. The number of methoxy groups -OCH3 is 1. The number of anilines is 1. The van der Waals surface area contributed by atoms with Gasteiger partial charge in [0.15, 0.2) is 0 Å². The summed E-state index contributed by atoms with van der Waals surface area (Å²) in [5, 5.41) is 11.8. The zero-order valence-electron chi connectivity index (χ0n) is 25.1. The Hall–Kier alpha value is -4.59. The van der Waals surface area contributed by atoms with Gasteiger partial charge in [-0.25, -0.2) is 0 Å². The van der Waals surface area contributed by atoms with Crippen molar-refractivity contribution in [2.24, 2.45) is 11.8 Å². The van der Waals surface area contributed by atoms with E-state index in [1.54, 1.807) is 7.11 Å². The van der Waals surface area contributed by atoms with Gasteiger partial charge in [-0.15, -0.1) is 0 Å². The Morgan fingerprint density at radius 3 is 2.52 bits per heavy atom. The number of nitrogens with zero attached hydrogens (tertiary/aromatic N) is 3. The van der Waals surface area contributed by atoms with Crippen LogP contribution in [0.1, 0.15) is 71.4 Å². The number of carbonyl (C=O) groups is 2. The molecule has 1 aliphatic carbocycles. The number of amides is 2. The van der Waals surface area contributed by atoms with Gasteiger partial charge in [0, 0.05) is 36.0 Å². The molecule has 1 saturated heterocycles. The fourth-order valence-electron chi connectivity index (χ4n) is 7.56. The summed E-state index contributed by atoms with van der Waals surface area (Å²) < 4.78 is 7.41. The predicted molar refractivity (Wildman–Crippen MR) is 169 cm³/mol. The minimum atomic E-state index is -0.226. The van der Waals surface area contributed by atoms with Gasteiger partial charge >= 0.3 is 0 Å². The quantitative estimate of drug-likeness (QED) is 0.277. The average Bonchev–Trinajstić information content (AvgIpc) is 3.73. The van der Waals surface area contributed by atoms with Crippen LogP contribution in [0.4, 0.5) is 5.69 Å². The molecule has 3 aromatic carbocycles. The normalized spacial score (nSPS) is 24.1. The summed E-state index contributed by atoms with van der Waals surface area (Å²) in [4.78, 5) is 29.7. The Morgan fingerprint density at radius 2 is 1.70 bits per heavy atom. The van der Waals surface area contributed by atoms with Crippen LogP contribution in [0.2, 0.25) is 0 Å². The standard InChI is InChI=1S/C36H39N5O3/c1-44-26-17-15-24(16-18-26)23-41-32(19-21-37-41)33-29-20-22-40(34(29)27-11-5-7-13-30(27)38-33)36(43)28-12-6-8-14-31(28)39-35(42)25-9-3-2-4-10-25/h2-5,7,9-11,13,15-19,21,28-29,31,33-34,38H,6,8,12,14,20,22-23H2,1H3,(H,39,42)/t28-,29-,31+,33-,34+/m0/s1. The van der Waals surface area contributed by atoms with E-state index >= 15 is 0 Å². The molecule has 5 atom stereocenters. The van der Waals surface area contributed by atoms with Crippen LogP contribution in [0, 0.1) is 11.8 Å². The number of likely N-dealkylation sites (tertiary alicyclic amines) is 1. The molecule has 7 rings (SSSR count). The zero-order chi connectivity index (χ0) is 30.0. The van der Waals surface area contributed by atoms with Crippen LogP contribution < -0.4 is 15.4 Å². The highest BCUT2D eigenvalue weighted by Crippen LogP contribution is 2.52. The number of benzene rings is 3. The minimum absolute atomic E-state index is 0.00776. The van der Waals surface area contributed by atoms with Crippen molar-refractivity contribution in [3.63, 3.8) is 0 Å². The molecule has 4 aromatic rings. The second kappa shape index (κ2) is 12.2. The van der Waals surface area contributed by atoms with Crippen molar-refractivity contribution in [1.29, 1.82) is 0 Å². The number of aromatic nitrogens is 2. The molecule has 8 heteroatoms. The molecular weight excluding hydrogens is 550 g/mol. The molecule has 0 bridgehead atoms. The maximum absolute atomic E-state index is 14.5. The molecule has 0 unspecified atom stereocenters. The molecule has 2 amide bonds. The zero-order valence-corrected chi connectivity index (χ0v) is 25.1. The van der Waals surface area contributed by atoms with Crippen molar-refractivity contribution in [1.82, 2.24) is 20.0 Å². The Labute approximate surface area is 258 Å². The molecule has 8 nitrogen and oxygen atoms in total. The van der Waals surface area contributed by atoms with Crippen molar-refractivity contribution < 1.29 is 14.3 Å². The molecule has 44 heavy (non-hydrogen) atoms. The lowest BCUT2D eigenvalue weighted by Crippen LogP contribution is -2.50. The third-order valence-electron chi connectivity index (χ3n) is 9.74. The summed E-state index contributed by atoms with van der Waals surface area (Å²) in [5.41, 5.74) is 5.12. The summed E-state index contributed by atoms with van der Waals surface area (Å²) in [6, 6.07) is 27.7. The van der Waals surface area contributed by atoms with Crippen LogP contribution in [0.25, 0.3) is 0 Å². The van der Waals surface area contributed by atoms with E-state index < -0.39 is 0 Å². The number of ether oxygens (including phenoxy) is 1. The summed E-state index contributed by atoms with van der Waals surface area (Å²) >= 11 is 0. The lowest BCUT2D eigenvalue weighted by molar-refractivity contribution is -0.138. The van der Waals surface area contributed by atoms with Gasteiger partial charge in [0.2, 0.25) is 5.91 Å². The molecule has 1 aromatic heterocycles. The molecule has 1 saturated carbocycles. The van der Waals surface area contributed by atoms with Crippen molar-refractivity contribution in [3.05, 3.63) is 114 Å². The van der Waals surface area contributed by atoms with Gasteiger partial charge in [-0.05, 0) is 66.8 Å². The van der Waals surface area contributed by atoms with Crippen molar-refractivity contribution >= 4 is 17.5 Å². The summed E-state index contributed by atoms with van der Waals surface area (Å²) in [6.45, 7) is 1.35. The Kier molecular flexibility index (Phi) is 7.81. The maximum atomic E-state index is 14.5. The van der Waals surface area contributed by atoms with Crippen LogP contribution in [0.5, 0.6) is 5.75 Å². The van der Waals surface area contributed by atoms with Gasteiger partial charge in [-0.1, -0.05) is 61.4 Å². The summed E-state index contributed by atoms with van der Waals surface area (Å²) in [5.74, 6) is 0.862. The van der Waals surface area contributed by atoms with Gasteiger partial charge in [0.25, 0.3) is 5.91 Å². The smallest absolute Gasteiger partial charge is 0.251 e. The number of carbonyl (C=O) groups excluding carboxylic acids is 2. The van der Waals surface area contributed by atoms with Crippen LogP contribution in [-0.2, 0) is 11.3 Å². The SMILES string of the molecule is COc1ccc(Cn2nccc2[C@H]2Nc3ccccc3[C@@H]3[C@H]2CCN3C(=O)[C@H]2CCCC[C@H]2NC(=O)c2ccccc2)cc1. The van der Waals surface area contributed by atoms with Gasteiger partial charge in [0.1, 0.15) is 5.75 Å². The molecule has 2 N–H and O–H groups in total. The Morgan fingerprint density at radius 1 is 0.932 bits per heavy atom. The fourth-order valence-corrected chi connectivity index (χ4v) is 7.56. The van der Waals surface area contributed by atoms with Gasteiger partial charge in [-0.2, -0.15) is 5.10 Å². The summed E-state index contributed by atoms with van der Waals surface area (Å²) in [6.07, 6.45) is 6.40. The van der Waals surface area contributed by atoms with Crippen LogP contribution in [0.3, 0.4) is 0 Å². The number of hydrogen-bond donors (Lipinski definition) is 2. The number of rotatable bonds is 7. The first-order valence-electron chi connectivity index (χ1n) is 15.8. The summed E-state index contributed by atoms with van der Waals surface area (Å²) in [7, 11) is 1.68. The molecule has 3 heterocycles.